The van der Waals surface area contributed by atoms with E-state index < -0.39 is 0 Å². The van der Waals surface area contributed by atoms with Gasteiger partial charge in [-0.1, -0.05) is 0 Å². The zero-order valence-electron chi connectivity index (χ0n) is 16.2. The van der Waals surface area contributed by atoms with Crippen LogP contribution in [-0.4, -0.2) is 33.2 Å². The van der Waals surface area contributed by atoms with E-state index in [2.05, 4.69) is 15.7 Å². The van der Waals surface area contributed by atoms with Gasteiger partial charge in [0.1, 0.15) is 5.75 Å². The molecule has 5 rings (SSSR count). The lowest BCUT2D eigenvalue weighted by atomic mass is 10.1. The van der Waals surface area contributed by atoms with Gasteiger partial charge in [0.15, 0.2) is 12.3 Å². The predicted octanol–water partition coefficient (Wildman–Crippen LogP) is 3.47. The first-order valence-electron chi connectivity index (χ1n) is 9.76. The molecule has 1 aromatic carbocycles. The van der Waals surface area contributed by atoms with Crippen molar-refractivity contribution in [2.75, 3.05) is 17.2 Å². The summed E-state index contributed by atoms with van der Waals surface area (Å²) in [7, 11) is 0. The van der Waals surface area contributed by atoms with Crippen molar-refractivity contribution in [2.24, 2.45) is 0 Å². The monoisotopic (exact) mass is 391 g/mol. The first-order chi connectivity index (χ1) is 14.0. The highest BCUT2D eigenvalue weighted by molar-refractivity contribution is 6.12. The second-order valence-corrected chi connectivity index (χ2v) is 7.79. The number of hydrogen-bond donors (Lipinski definition) is 2. The summed E-state index contributed by atoms with van der Waals surface area (Å²) in [5.41, 5.74) is 3.36. The number of carbonyl (C=O) groups excluding carboxylic acids is 2. The van der Waals surface area contributed by atoms with Gasteiger partial charge in [-0.3, -0.25) is 9.59 Å². The van der Waals surface area contributed by atoms with Crippen molar-refractivity contribution in [3.8, 4) is 5.75 Å². The van der Waals surface area contributed by atoms with Crippen molar-refractivity contribution < 1.29 is 14.3 Å². The van der Waals surface area contributed by atoms with Gasteiger partial charge in [0.2, 0.25) is 0 Å². The molecule has 2 N–H and O–H groups in total. The molecule has 2 aromatic heterocycles. The second kappa shape index (κ2) is 6.58. The summed E-state index contributed by atoms with van der Waals surface area (Å²) in [6.07, 6.45) is 3.90. The van der Waals surface area contributed by atoms with Crippen molar-refractivity contribution in [1.29, 1.82) is 0 Å². The minimum Gasteiger partial charge on any atom is -0.482 e. The molecule has 0 atom stereocenters. The maximum absolute atomic E-state index is 13.1. The van der Waals surface area contributed by atoms with Gasteiger partial charge in [0.05, 0.1) is 22.8 Å². The Balaban J connectivity index is 1.51. The van der Waals surface area contributed by atoms with Crippen molar-refractivity contribution in [1.82, 2.24) is 14.8 Å². The second-order valence-electron chi connectivity index (χ2n) is 7.79. The van der Waals surface area contributed by atoms with E-state index >= 15 is 0 Å². The van der Waals surface area contributed by atoms with Crippen molar-refractivity contribution in [3.05, 3.63) is 41.7 Å². The zero-order chi connectivity index (χ0) is 20.1. The molecule has 3 heterocycles. The summed E-state index contributed by atoms with van der Waals surface area (Å²) in [6, 6.07) is 7.22. The fourth-order valence-electron chi connectivity index (χ4n) is 3.55. The Morgan fingerprint density at radius 3 is 2.90 bits per heavy atom. The number of hydrogen-bond acceptors (Lipinski definition) is 5. The Morgan fingerprint density at radius 1 is 1.31 bits per heavy atom. The van der Waals surface area contributed by atoms with Crippen LogP contribution in [0, 0.1) is 0 Å². The van der Waals surface area contributed by atoms with Crippen LogP contribution in [0.4, 0.5) is 11.4 Å². The molecule has 3 aromatic rings. The molecule has 1 aliphatic heterocycles. The summed E-state index contributed by atoms with van der Waals surface area (Å²) in [5.74, 6) is 0.554. The minimum atomic E-state index is -0.231. The van der Waals surface area contributed by atoms with Crippen LogP contribution in [0.3, 0.4) is 0 Å². The van der Waals surface area contributed by atoms with Gasteiger partial charge >= 0.3 is 0 Å². The molecule has 29 heavy (non-hydrogen) atoms. The smallest absolute Gasteiger partial charge is 0.262 e. The van der Waals surface area contributed by atoms with Crippen molar-refractivity contribution in [2.45, 2.75) is 38.6 Å². The lowest BCUT2D eigenvalue weighted by Gasteiger charge is -2.18. The van der Waals surface area contributed by atoms with Gasteiger partial charge in [-0.25, -0.2) is 9.67 Å². The maximum atomic E-state index is 13.1. The fraction of sp³-hybridized carbons (Fsp3) is 0.333. The molecule has 0 bridgehead atoms. The third kappa shape index (κ3) is 3.20. The lowest BCUT2D eigenvalue weighted by molar-refractivity contribution is -0.118. The Kier molecular flexibility index (Phi) is 4.01. The van der Waals surface area contributed by atoms with Crippen LogP contribution in [0.15, 0.2) is 30.5 Å². The highest BCUT2D eigenvalue weighted by Gasteiger charge is 2.28. The molecule has 148 valence electrons. The first kappa shape index (κ1) is 17.7. The molecular weight excluding hydrogens is 370 g/mol. The van der Waals surface area contributed by atoms with E-state index in [1.165, 1.54) is 0 Å². The predicted molar refractivity (Wildman–Crippen MR) is 108 cm³/mol. The Hall–Kier alpha value is -3.42. The van der Waals surface area contributed by atoms with Gasteiger partial charge in [-0.2, -0.15) is 5.10 Å². The van der Waals surface area contributed by atoms with E-state index in [1.54, 1.807) is 24.4 Å². The van der Waals surface area contributed by atoms with Crippen LogP contribution in [-0.2, 0) is 4.79 Å². The Labute approximate surface area is 167 Å². The normalized spacial score (nSPS) is 15.8. The molecular formula is C21H21N5O3. The van der Waals surface area contributed by atoms with Gasteiger partial charge in [-0.15, -0.1) is 0 Å². The average molecular weight is 391 g/mol. The molecule has 0 unspecified atom stereocenters. The summed E-state index contributed by atoms with van der Waals surface area (Å²) in [5, 5.41) is 10.9. The number of benzene rings is 1. The number of rotatable bonds is 4. The molecule has 8 heteroatoms. The number of anilines is 2. The number of carbonyl (C=O) groups is 2. The van der Waals surface area contributed by atoms with Crippen LogP contribution < -0.4 is 15.4 Å². The molecule has 2 amide bonds. The Bertz CT molecular complexity index is 1150. The third-order valence-electron chi connectivity index (χ3n) is 5.19. The molecule has 8 nitrogen and oxygen atoms in total. The van der Waals surface area contributed by atoms with E-state index in [0.717, 1.165) is 29.6 Å². The number of nitrogens with one attached hydrogen (secondary N) is 2. The quantitative estimate of drug-likeness (QED) is 0.710. The highest BCUT2D eigenvalue weighted by Crippen LogP contribution is 2.40. The van der Waals surface area contributed by atoms with Crippen LogP contribution in [0.25, 0.3) is 11.0 Å². The summed E-state index contributed by atoms with van der Waals surface area (Å²) in [4.78, 5) is 29.5. The van der Waals surface area contributed by atoms with Crippen molar-refractivity contribution >= 4 is 34.2 Å². The number of pyridine rings is 1. The molecule has 0 saturated heterocycles. The average Bonchev–Trinajstić information content (AvgIpc) is 3.45. The molecule has 1 fully saturated rings. The third-order valence-corrected chi connectivity index (χ3v) is 5.19. The molecule has 0 radical (unpaired) electrons. The van der Waals surface area contributed by atoms with Gasteiger partial charge < -0.3 is 15.4 Å². The molecule has 0 spiro atoms. The van der Waals surface area contributed by atoms with Gasteiger partial charge in [0.25, 0.3) is 11.8 Å². The van der Waals surface area contributed by atoms with Crippen LogP contribution in [0.5, 0.6) is 5.75 Å². The lowest BCUT2D eigenvalue weighted by Crippen LogP contribution is -2.25. The number of ether oxygens (including phenoxy) is 1. The van der Waals surface area contributed by atoms with E-state index in [4.69, 9.17) is 9.72 Å². The van der Waals surface area contributed by atoms with E-state index in [1.807, 2.05) is 24.6 Å². The maximum Gasteiger partial charge on any atom is 0.262 e. The number of aromatic nitrogens is 3. The van der Waals surface area contributed by atoms with Crippen LogP contribution in [0.1, 0.15) is 54.7 Å². The molecule has 2 aliphatic rings. The number of amides is 2. The van der Waals surface area contributed by atoms with Gasteiger partial charge in [0, 0.05) is 23.3 Å². The number of fused-ring (bicyclic) bond motifs is 2. The Morgan fingerprint density at radius 2 is 2.14 bits per heavy atom. The number of nitrogens with zero attached hydrogens (tertiary/aromatic N) is 3. The van der Waals surface area contributed by atoms with Crippen LogP contribution >= 0.6 is 0 Å². The summed E-state index contributed by atoms with van der Waals surface area (Å²) < 4.78 is 7.22. The zero-order valence-corrected chi connectivity index (χ0v) is 16.2. The van der Waals surface area contributed by atoms with Gasteiger partial charge in [-0.05, 0) is 51.0 Å². The van der Waals surface area contributed by atoms with Crippen molar-refractivity contribution in [3.63, 3.8) is 0 Å². The summed E-state index contributed by atoms with van der Waals surface area (Å²) in [6.45, 7) is 4.08. The largest absolute Gasteiger partial charge is 0.482 e. The van der Waals surface area contributed by atoms with E-state index in [-0.39, 0.29) is 24.5 Å². The highest BCUT2D eigenvalue weighted by atomic mass is 16.5. The minimum absolute atomic E-state index is 0.00249. The summed E-state index contributed by atoms with van der Waals surface area (Å²) >= 11 is 0. The standard InChI is InChI=1S/C21H21N5O3/c1-11(2)26-20-15(9-22-26)14(8-16(25-20)12-3-4-12)21(28)23-13-5-6-18-17(7-13)24-19(27)10-29-18/h5-9,11-12H,3-4,10H2,1-2H3,(H,23,28)(H,24,27). The first-order valence-corrected chi connectivity index (χ1v) is 9.76. The molecule has 1 saturated carbocycles. The topological polar surface area (TPSA) is 98.1 Å². The fourth-order valence-corrected chi connectivity index (χ4v) is 3.55. The van der Waals surface area contributed by atoms with E-state index in [0.29, 0.717) is 28.6 Å². The van der Waals surface area contributed by atoms with Crippen LogP contribution in [0.2, 0.25) is 0 Å². The molecule has 1 aliphatic carbocycles. The van der Waals surface area contributed by atoms with E-state index in [9.17, 15) is 9.59 Å². The SMILES string of the molecule is CC(C)n1ncc2c(C(=O)Nc3ccc4c(c3)NC(=O)CO4)cc(C3CC3)nc21.